The Balaban J connectivity index is 1.61. The minimum Gasteiger partial charge on any atom is -0.369 e. The van der Waals surface area contributed by atoms with Crippen molar-refractivity contribution in [3.05, 3.63) is 54.0 Å². The van der Waals surface area contributed by atoms with Crippen molar-refractivity contribution in [1.82, 2.24) is 25.1 Å². The van der Waals surface area contributed by atoms with E-state index in [1.165, 1.54) is 23.1 Å². The van der Waals surface area contributed by atoms with Crippen LogP contribution >= 0.6 is 0 Å². The van der Waals surface area contributed by atoms with Gasteiger partial charge < -0.3 is 25.8 Å². The number of hydrogen-bond acceptors (Lipinski definition) is 7. The zero-order valence-electron chi connectivity index (χ0n) is 24.0. The van der Waals surface area contributed by atoms with Gasteiger partial charge in [-0.25, -0.2) is 9.37 Å². The molecule has 10 heteroatoms. The van der Waals surface area contributed by atoms with E-state index < -0.39 is 6.04 Å². The monoisotopic (exact) mass is 549 g/mol. The predicted octanol–water partition coefficient (Wildman–Crippen LogP) is 3.78. The van der Waals surface area contributed by atoms with E-state index in [4.69, 9.17) is 0 Å². The molecule has 3 rings (SSSR count). The fourth-order valence-corrected chi connectivity index (χ4v) is 4.33. The van der Waals surface area contributed by atoms with E-state index in [9.17, 15) is 14.0 Å². The second-order valence-corrected chi connectivity index (χ2v) is 10.2. The number of nitrogens with one attached hydrogen (secondary N) is 3. The van der Waals surface area contributed by atoms with Crippen LogP contribution < -0.4 is 16.0 Å². The number of rotatable bonds is 10. The Hall–Kier alpha value is -3.97. The molecule has 1 aliphatic carbocycles. The Morgan fingerprint density at radius 1 is 1.25 bits per heavy atom. The lowest BCUT2D eigenvalue weighted by molar-refractivity contribution is -0.135. The van der Waals surface area contributed by atoms with Crippen LogP contribution in [0.25, 0.3) is 0 Å². The smallest absolute Gasteiger partial charge is 0.246 e. The van der Waals surface area contributed by atoms with Crippen molar-refractivity contribution >= 4 is 29.3 Å². The van der Waals surface area contributed by atoms with Crippen LogP contribution in [-0.2, 0) is 9.59 Å². The molecule has 2 amide bonds. The Bertz CT molecular complexity index is 1250. The lowest BCUT2D eigenvalue weighted by atomic mass is 9.86. The lowest BCUT2D eigenvalue weighted by Crippen LogP contribution is -2.49. The van der Waals surface area contributed by atoms with Gasteiger partial charge in [-0.1, -0.05) is 30.4 Å². The third-order valence-corrected chi connectivity index (χ3v) is 6.68. The van der Waals surface area contributed by atoms with E-state index in [-0.39, 0.29) is 29.6 Å². The van der Waals surface area contributed by atoms with Gasteiger partial charge in [-0.2, -0.15) is 4.98 Å². The third-order valence-electron chi connectivity index (χ3n) is 6.68. The normalized spacial score (nSPS) is 17.6. The van der Waals surface area contributed by atoms with Crippen molar-refractivity contribution in [3.8, 4) is 11.8 Å². The van der Waals surface area contributed by atoms with E-state index in [2.05, 4.69) is 37.8 Å². The molecule has 0 unspecified atom stereocenters. The van der Waals surface area contributed by atoms with Crippen LogP contribution in [0.1, 0.15) is 45.1 Å². The second kappa shape index (κ2) is 15.0. The van der Waals surface area contributed by atoms with Crippen LogP contribution in [0.2, 0.25) is 0 Å². The maximum atomic E-state index is 13.5. The largest absolute Gasteiger partial charge is 0.369 e. The Kier molecular flexibility index (Phi) is 11.5. The lowest BCUT2D eigenvalue weighted by Gasteiger charge is -2.30. The van der Waals surface area contributed by atoms with Crippen molar-refractivity contribution in [3.63, 3.8) is 0 Å². The number of carbonyl (C=O) groups is 2. The Morgan fingerprint density at radius 3 is 2.77 bits per heavy atom. The molecule has 0 radical (unpaired) electrons. The van der Waals surface area contributed by atoms with Crippen molar-refractivity contribution in [2.75, 3.05) is 44.9 Å². The van der Waals surface area contributed by atoms with Crippen LogP contribution in [0, 0.1) is 23.6 Å². The topological polar surface area (TPSA) is 102 Å². The molecule has 1 heterocycles. The number of nitrogens with zero attached hydrogens (tertiary/aromatic N) is 4. The average molecular weight is 550 g/mol. The van der Waals surface area contributed by atoms with Gasteiger partial charge in [0.2, 0.25) is 17.8 Å². The number of amides is 2. The van der Waals surface area contributed by atoms with E-state index in [0.717, 1.165) is 25.7 Å². The summed E-state index contributed by atoms with van der Waals surface area (Å²) >= 11 is 0. The molecule has 214 valence electrons. The molecule has 40 heavy (non-hydrogen) atoms. The fourth-order valence-electron chi connectivity index (χ4n) is 4.33. The maximum absolute atomic E-state index is 13.5. The summed E-state index contributed by atoms with van der Waals surface area (Å²) in [4.78, 5) is 37.6. The van der Waals surface area contributed by atoms with Crippen LogP contribution in [0.5, 0.6) is 0 Å². The molecule has 0 spiro atoms. The van der Waals surface area contributed by atoms with E-state index in [1.54, 1.807) is 38.4 Å². The molecule has 0 saturated heterocycles. The molecule has 0 bridgehead atoms. The molecule has 1 aromatic heterocycles. The minimum absolute atomic E-state index is 0.00174. The molecular formula is C30H40FN7O2. The van der Waals surface area contributed by atoms with Crippen molar-refractivity contribution < 1.29 is 14.0 Å². The molecule has 2 aromatic rings. The molecule has 1 aliphatic rings. The number of likely N-dealkylation sites (N-methyl/N-ethyl adjacent to an activating group) is 2. The van der Waals surface area contributed by atoms with Gasteiger partial charge >= 0.3 is 0 Å². The highest BCUT2D eigenvalue weighted by Crippen LogP contribution is 2.25. The van der Waals surface area contributed by atoms with Gasteiger partial charge in [0, 0.05) is 43.9 Å². The summed E-state index contributed by atoms with van der Waals surface area (Å²) in [7, 11) is 5.50. The van der Waals surface area contributed by atoms with E-state index in [0.29, 0.717) is 36.1 Å². The van der Waals surface area contributed by atoms with Gasteiger partial charge in [0.25, 0.3) is 0 Å². The zero-order valence-corrected chi connectivity index (χ0v) is 24.0. The molecule has 1 fully saturated rings. The fraction of sp³-hybridized carbons (Fsp3) is 0.467. The molecule has 3 N–H and O–H groups in total. The first-order valence-corrected chi connectivity index (χ1v) is 13.7. The maximum Gasteiger partial charge on any atom is 0.246 e. The van der Waals surface area contributed by atoms with Crippen LogP contribution in [0.4, 0.5) is 21.8 Å². The van der Waals surface area contributed by atoms with Gasteiger partial charge in [0.1, 0.15) is 17.7 Å². The van der Waals surface area contributed by atoms with Crippen LogP contribution in [0.15, 0.2) is 42.6 Å². The standard InChI is InChI=1S/C30H40FN7O2/c1-6-32-28-23(20-33-30(36-28)35-26-13-8-11-24(31)19-26)16-15-22-10-7-12-25(18-22)34-29(40)21(2)38(5)27(39)14-9-17-37(3)4/h8-9,11,13-14,19-22,25H,6-7,10,12,17-18H2,1-5H3,(H,34,40)(H2,32,33,35,36)/b14-9+/t21-,22-,25-/m0/s1. The Morgan fingerprint density at radius 2 is 2.05 bits per heavy atom. The molecule has 0 aliphatic heterocycles. The molecule has 9 nitrogen and oxygen atoms in total. The zero-order chi connectivity index (χ0) is 29.1. The average Bonchev–Trinajstić information content (AvgIpc) is 2.92. The first-order chi connectivity index (χ1) is 19.2. The first-order valence-electron chi connectivity index (χ1n) is 13.7. The van der Waals surface area contributed by atoms with Crippen LogP contribution in [-0.4, -0.2) is 77.9 Å². The first kappa shape index (κ1) is 30.6. The van der Waals surface area contributed by atoms with Crippen molar-refractivity contribution in [1.29, 1.82) is 0 Å². The predicted molar refractivity (Wildman–Crippen MR) is 157 cm³/mol. The molecule has 1 aromatic carbocycles. The van der Waals surface area contributed by atoms with Gasteiger partial charge in [-0.3, -0.25) is 9.59 Å². The summed E-state index contributed by atoms with van der Waals surface area (Å²) in [6.07, 6.45) is 8.46. The highest BCUT2D eigenvalue weighted by Gasteiger charge is 2.26. The van der Waals surface area contributed by atoms with Gasteiger partial charge in [0.05, 0.1) is 11.8 Å². The number of hydrogen-bond donors (Lipinski definition) is 3. The summed E-state index contributed by atoms with van der Waals surface area (Å²) in [5.74, 6) is 6.92. The van der Waals surface area contributed by atoms with E-state index >= 15 is 0 Å². The van der Waals surface area contributed by atoms with E-state index in [1.807, 2.05) is 25.9 Å². The Labute approximate surface area is 236 Å². The number of halogens is 1. The molecule has 1 saturated carbocycles. The summed E-state index contributed by atoms with van der Waals surface area (Å²) in [5, 5.41) is 9.36. The summed E-state index contributed by atoms with van der Waals surface area (Å²) in [6, 6.07) is 5.53. The molecule has 3 atom stereocenters. The van der Waals surface area contributed by atoms with Gasteiger partial charge in [0.15, 0.2) is 0 Å². The number of benzene rings is 1. The van der Waals surface area contributed by atoms with Gasteiger partial charge in [-0.05, 0) is 65.4 Å². The quantitative estimate of drug-likeness (QED) is 0.306. The highest BCUT2D eigenvalue weighted by atomic mass is 19.1. The number of aromatic nitrogens is 2. The van der Waals surface area contributed by atoms with Crippen LogP contribution in [0.3, 0.4) is 0 Å². The summed E-state index contributed by atoms with van der Waals surface area (Å²) in [6.45, 7) is 5.02. The van der Waals surface area contributed by atoms with Crippen molar-refractivity contribution in [2.45, 2.75) is 51.6 Å². The minimum atomic E-state index is -0.581. The SMILES string of the molecule is CCNc1nc(Nc2cccc(F)c2)ncc1C#C[C@@H]1CCC[C@H](NC(=O)[C@H](C)N(C)C(=O)/C=C/CN(C)C)C1. The number of anilines is 3. The second-order valence-electron chi connectivity index (χ2n) is 10.2. The third kappa shape index (κ3) is 9.35. The summed E-state index contributed by atoms with van der Waals surface area (Å²) in [5.41, 5.74) is 1.23. The number of carbonyl (C=O) groups excluding carboxylic acids is 2. The van der Waals surface area contributed by atoms with Gasteiger partial charge in [-0.15, -0.1) is 0 Å². The molecular weight excluding hydrogens is 509 g/mol. The highest BCUT2D eigenvalue weighted by molar-refractivity contribution is 5.92. The summed E-state index contributed by atoms with van der Waals surface area (Å²) < 4.78 is 13.5. The van der Waals surface area contributed by atoms with Crippen molar-refractivity contribution in [2.24, 2.45) is 5.92 Å².